The van der Waals surface area contributed by atoms with Gasteiger partial charge in [0.05, 0.1) is 21.3 Å². The summed E-state index contributed by atoms with van der Waals surface area (Å²) in [5.41, 5.74) is 1.81. The van der Waals surface area contributed by atoms with Crippen LogP contribution in [0.1, 0.15) is 25.0 Å². The molecule has 6 nitrogen and oxygen atoms in total. The molecule has 0 aliphatic carbocycles. The van der Waals surface area contributed by atoms with Crippen LogP contribution in [-0.2, 0) is 11.4 Å². The lowest BCUT2D eigenvalue weighted by atomic mass is 10.1. The highest BCUT2D eigenvalue weighted by molar-refractivity contribution is 5.72. The number of hydrogen-bond acceptors (Lipinski definition) is 6. The summed E-state index contributed by atoms with van der Waals surface area (Å²) < 4.78 is 27.1. The summed E-state index contributed by atoms with van der Waals surface area (Å²) in [5, 5.41) is 0. The Morgan fingerprint density at radius 1 is 0.926 bits per heavy atom. The molecular weight excluding hydrogens is 348 g/mol. The minimum absolute atomic E-state index is 0.240. The summed E-state index contributed by atoms with van der Waals surface area (Å²) in [6, 6.07) is 9.18. The molecule has 0 amide bonds. The van der Waals surface area contributed by atoms with Crippen molar-refractivity contribution in [3.05, 3.63) is 47.5 Å². The zero-order valence-electron chi connectivity index (χ0n) is 16.2. The first kappa shape index (κ1) is 20.2. The molecule has 2 aromatic rings. The van der Waals surface area contributed by atoms with Gasteiger partial charge in [0.1, 0.15) is 6.61 Å². The first-order valence-electron chi connectivity index (χ1n) is 8.39. The van der Waals surface area contributed by atoms with E-state index in [1.54, 1.807) is 19.2 Å². The number of hydrogen-bond donors (Lipinski definition) is 0. The Labute approximate surface area is 159 Å². The van der Waals surface area contributed by atoms with Crippen molar-refractivity contribution in [2.45, 2.75) is 20.5 Å². The molecule has 0 spiro atoms. The molecule has 0 aliphatic heterocycles. The van der Waals surface area contributed by atoms with Crippen LogP contribution < -0.4 is 23.7 Å². The van der Waals surface area contributed by atoms with Gasteiger partial charge in [-0.25, -0.2) is 0 Å². The third-order valence-corrected chi connectivity index (χ3v) is 3.71. The first-order chi connectivity index (χ1) is 13.0. The molecule has 2 aromatic carbocycles. The summed E-state index contributed by atoms with van der Waals surface area (Å²) in [6.07, 6.45) is 3.94. The minimum Gasteiger partial charge on any atom is -0.493 e. The highest BCUT2D eigenvalue weighted by atomic mass is 16.6. The van der Waals surface area contributed by atoms with Crippen LogP contribution in [0, 0.1) is 0 Å². The van der Waals surface area contributed by atoms with Gasteiger partial charge in [0.2, 0.25) is 5.75 Å². The zero-order valence-corrected chi connectivity index (χ0v) is 16.2. The monoisotopic (exact) mass is 372 g/mol. The second-order valence-electron chi connectivity index (χ2n) is 5.62. The summed E-state index contributed by atoms with van der Waals surface area (Å²) in [5.74, 6) is 1.82. The minimum atomic E-state index is -0.457. The lowest BCUT2D eigenvalue weighted by molar-refractivity contribution is -0.132. The van der Waals surface area contributed by atoms with Gasteiger partial charge in [-0.3, -0.25) is 4.79 Å². The smallest absolute Gasteiger partial charge is 0.308 e. The summed E-state index contributed by atoms with van der Waals surface area (Å²) in [4.78, 5) is 11.3. The van der Waals surface area contributed by atoms with E-state index in [0.29, 0.717) is 23.0 Å². The molecule has 2 rings (SSSR count). The van der Waals surface area contributed by atoms with E-state index in [0.717, 1.165) is 11.1 Å². The summed E-state index contributed by atoms with van der Waals surface area (Å²) in [7, 11) is 4.59. The SMILES string of the molecule is C/C=C/c1ccc(OCc2cc(OC)c(OC(C)=O)c(OC)c2)c(OC)c1. The van der Waals surface area contributed by atoms with Gasteiger partial charge in [0.15, 0.2) is 23.0 Å². The number of carbonyl (C=O) groups excluding carboxylic acids is 1. The molecule has 0 fully saturated rings. The fourth-order valence-electron chi connectivity index (χ4n) is 2.52. The van der Waals surface area contributed by atoms with Crippen molar-refractivity contribution in [1.29, 1.82) is 0 Å². The molecule has 0 radical (unpaired) electrons. The molecule has 0 saturated carbocycles. The van der Waals surface area contributed by atoms with E-state index in [1.165, 1.54) is 21.1 Å². The van der Waals surface area contributed by atoms with Gasteiger partial charge < -0.3 is 23.7 Å². The van der Waals surface area contributed by atoms with E-state index in [-0.39, 0.29) is 12.4 Å². The second-order valence-corrected chi connectivity index (χ2v) is 5.62. The first-order valence-corrected chi connectivity index (χ1v) is 8.39. The Morgan fingerprint density at radius 2 is 1.56 bits per heavy atom. The zero-order chi connectivity index (χ0) is 19.8. The van der Waals surface area contributed by atoms with Crippen LogP contribution in [-0.4, -0.2) is 27.3 Å². The van der Waals surface area contributed by atoms with Gasteiger partial charge in [-0.2, -0.15) is 0 Å². The van der Waals surface area contributed by atoms with E-state index >= 15 is 0 Å². The Hall–Kier alpha value is -3.15. The molecule has 144 valence electrons. The van der Waals surface area contributed by atoms with Crippen LogP contribution in [0.3, 0.4) is 0 Å². The fraction of sp³-hybridized carbons (Fsp3) is 0.286. The van der Waals surface area contributed by atoms with Crippen LogP contribution in [0.4, 0.5) is 0 Å². The summed E-state index contributed by atoms with van der Waals surface area (Å²) in [6.45, 7) is 3.53. The van der Waals surface area contributed by atoms with Crippen LogP contribution in [0.5, 0.6) is 28.7 Å². The molecule has 0 heterocycles. The lowest BCUT2D eigenvalue weighted by Crippen LogP contribution is -2.06. The van der Waals surface area contributed by atoms with E-state index < -0.39 is 5.97 Å². The predicted octanol–water partition coefficient (Wildman–Crippen LogP) is 4.25. The van der Waals surface area contributed by atoms with Gasteiger partial charge in [-0.05, 0) is 42.3 Å². The predicted molar refractivity (Wildman–Crippen MR) is 103 cm³/mol. The Morgan fingerprint density at radius 3 is 2.07 bits per heavy atom. The van der Waals surface area contributed by atoms with Crippen LogP contribution in [0.25, 0.3) is 6.08 Å². The number of rotatable bonds is 8. The average molecular weight is 372 g/mol. The van der Waals surface area contributed by atoms with E-state index in [4.69, 9.17) is 23.7 Å². The van der Waals surface area contributed by atoms with Gasteiger partial charge in [0.25, 0.3) is 0 Å². The average Bonchev–Trinajstić information content (AvgIpc) is 2.67. The van der Waals surface area contributed by atoms with Crippen LogP contribution in [0.2, 0.25) is 0 Å². The maximum absolute atomic E-state index is 11.3. The molecule has 0 bridgehead atoms. The molecule has 0 aromatic heterocycles. The quantitative estimate of drug-likeness (QED) is 0.510. The second kappa shape index (κ2) is 9.52. The number of carbonyl (C=O) groups is 1. The number of esters is 1. The van der Waals surface area contributed by atoms with E-state index in [1.807, 2.05) is 37.3 Å². The van der Waals surface area contributed by atoms with E-state index in [9.17, 15) is 4.79 Å². The number of benzene rings is 2. The van der Waals surface area contributed by atoms with Crippen molar-refractivity contribution in [3.8, 4) is 28.7 Å². The van der Waals surface area contributed by atoms with Gasteiger partial charge >= 0.3 is 5.97 Å². The van der Waals surface area contributed by atoms with Gasteiger partial charge in [-0.15, -0.1) is 0 Å². The van der Waals surface area contributed by atoms with E-state index in [2.05, 4.69) is 0 Å². The molecule has 6 heteroatoms. The Kier molecular flexibility index (Phi) is 7.11. The molecule has 0 atom stereocenters. The topological polar surface area (TPSA) is 63.2 Å². The molecule has 0 aliphatic rings. The Bertz CT molecular complexity index is 800. The highest BCUT2D eigenvalue weighted by Gasteiger charge is 2.17. The largest absolute Gasteiger partial charge is 0.493 e. The van der Waals surface area contributed by atoms with Crippen molar-refractivity contribution in [2.24, 2.45) is 0 Å². The number of ether oxygens (including phenoxy) is 5. The van der Waals surface area contributed by atoms with Crippen molar-refractivity contribution < 1.29 is 28.5 Å². The third-order valence-electron chi connectivity index (χ3n) is 3.71. The maximum atomic E-state index is 11.3. The summed E-state index contributed by atoms with van der Waals surface area (Å²) >= 11 is 0. The standard InChI is InChI=1S/C21H24O6/c1-6-7-15-8-9-17(18(10-15)23-3)26-13-16-11-19(24-4)21(27-14(2)22)20(12-16)25-5/h6-12H,13H2,1-5H3/b7-6+. The molecule has 0 N–H and O–H groups in total. The molecule has 27 heavy (non-hydrogen) atoms. The maximum Gasteiger partial charge on any atom is 0.308 e. The van der Waals surface area contributed by atoms with Crippen molar-refractivity contribution in [1.82, 2.24) is 0 Å². The normalized spacial score (nSPS) is 10.6. The van der Waals surface area contributed by atoms with Gasteiger partial charge in [-0.1, -0.05) is 18.2 Å². The van der Waals surface area contributed by atoms with Crippen molar-refractivity contribution in [2.75, 3.05) is 21.3 Å². The highest BCUT2D eigenvalue weighted by Crippen LogP contribution is 2.39. The third kappa shape index (κ3) is 5.17. The molecule has 0 saturated heterocycles. The number of allylic oxidation sites excluding steroid dienone is 1. The van der Waals surface area contributed by atoms with Crippen LogP contribution >= 0.6 is 0 Å². The lowest BCUT2D eigenvalue weighted by Gasteiger charge is -2.15. The Balaban J connectivity index is 2.26. The molecule has 0 unspecified atom stereocenters. The fourth-order valence-corrected chi connectivity index (χ4v) is 2.52. The molecular formula is C21H24O6. The van der Waals surface area contributed by atoms with Crippen LogP contribution in [0.15, 0.2) is 36.4 Å². The van der Waals surface area contributed by atoms with Crippen molar-refractivity contribution >= 4 is 12.0 Å². The van der Waals surface area contributed by atoms with Crippen molar-refractivity contribution in [3.63, 3.8) is 0 Å². The van der Waals surface area contributed by atoms with Gasteiger partial charge in [0, 0.05) is 6.92 Å². The number of methoxy groups -OCH3 is 3.